The number of nitrogens with zero attached hydrogens (tertiary/aromatic N) is 1. The Hall–Kier alpha value is -1.51. The van der Waals surface area contributed by atoms with Gasteiger partial charge < -0.3 is 15.9 Å². The summed E-state index contributed by atoms with van der Waals surface area (Å²) in [6, 6.07) is 0.0427. The van der Waals surface area contributed by atoms with E-state index in [4.69, 9.17) is 10.8 Å². The van der Waals surface area contributed by atoms with Crippen molar-refractivity contribution in [1.29, 1.82) is 0 Å². The van der Waals surface area contributed by atoms with E-state index in [-0.39, 0.29) is 18.0 Å². The predicted octanol–water partition coefficient (Wildman–Crippen LogP) is 1.66. The van der Waals surface area contributed by atoms with Gasteiger partial charge in [0.2, 0.25) is 0 Å². The molecule has 108 valence electrons. The quantitative estimate of drug-likeness (QED) is 0.578. The van der Waals surface area contributed by atoms with E-state index in [9.17, 15) is 24.0 Å². The SMILES string of the molecule is Cc1ccc([N+](=O)[O-])c([C@H](N)C(F)(F)CO)c1O.Cl. The number of aromatic hydroxyl groups is 1. The first-order chi connectivity index (χ1) is 8.22. The number of alkyl halides is 2. The first kappa shape index (κ1) is 17.5. The summed E-state index contributed by atoms with van der Waals surface area (Å²) >= 11 is 0. The average Bonchev–Trinajstić information content (AvgIpc) is 2.31. The zero-order valence-electron chi connectivity index (χ0n) is 9.84. The Labute approximate surface area is 113 Å². The predicted molar refractivity (Wildman–Crippen MR) is 65.7 cm³/mol. The van der Waals surface area contributed by atoms with E-state index in [0.717, 1.165) is 6.07 Å². The first-order valence-electron chi connectivity index (χ1n) is 4.93. The highest BCUT2D eigenvalue weighted by molar-refractivity contribution is 5.85. The summed E-state index contributed by atoms with van der Waals surface area (Å²) in [5, 5.41) is 28.9. The highest BCUT2D eigenvalue weighted by Crippen LogP contribution is 2.40. The maximum atomic E-state index is 13.3. The van der Waals surface area contributed by atoms with Crippen LogP contribution in [0.2, 0.25) is 0 Å². The van der Waals surface area contributed by atoms with E-state index >= 15 is 0 Å². The summed E-state index contributed by atoms with van der Waals surface area (Å²) < 4.78 is 26.6. The smallest absolute Gasteiger partial charge is 0.289 e. The Balaban J connectivity index is 0.00000324. The summed E-state index contributed by atoms with van der Waals surface area (Å²) in [5.74, 6) is -4.43. The Morgan fingerprint density at radius 1 is 1.53 bits per heavy atom. The zero-order chi connectivity index (χ0) is 14.1. The summed E-state index contributed by atoms with van der Waals surface area (Å²) in [6.45, 7) is -0.176. The summed E-state index contributed by atoms with van der Waals surface area (Å²) in [7, 11) is 0. The molecule has 1 rings (SSSR count). The third-order valence-corrected chi connectivity index (χ3v) is 2.57. The summed E-state index contributed by atoms with van der Waals surface area (Å²) in [6.07, 6.45) is 0. The molecule has 9 heteroatoms. The number of nitrogens with two attached hydrogens (primary N) is 1. The molecular formula is C10H13ClF2N2O4. The molecule has 0 saturated heterocycles. The molecule has 4 N–H and O–H groups in total. The monoisotopic (exact) mass is 298 g/mol. The van der Waals surface area contributed by atoms with Gasteiger partial charge in [0.15, 0.2) is 0 Å². The Bertz CT molecular complexity index is 485. The lowest BCUT2D eigenvalue weighted by Crippen LogP contribution is -2.36. The van der Waals surface area contributed by atoms with Crippen molar-refractivity contribution in [3.05, 3.63) is 33.4 Å². The van der Waals surface area contributed by atoms with Crippen LogP contribution in [0.25, 0.3) is 0 Å². The Morgan fingerprint density at radius 2 is 2.05 bits per heavy atom. The lowest BCUT2D eigenvalue weighted by Gasteiger charge is -2.22. The van der Waals surface area contributed by atoms with Crippen LogP contribution in [0.4, 0.5) is 14.5 Å². The molecule has 1 aromatic carbocycles. The maximum Gasteiger partial charge on any atom is 0.289 e. The molecule has 0 aliphatic carbocycles. The van der Waals surface area contributed by atoms with Crippen LogP contribution in [0.3, 0.4) is 0 Å². The number of phenolic OH excluding ortho intramolecular Hbond substituents is 1. The van der Waals surface area contributed by atoms with Crippen LogP contribution in [0, 0.1) is 17.0 Å². The van der Waals surface area contributed by atoms with Gasteiger partial charge in [-0.2, -0.15) is 0 Å². The average molecular weight is 299 g/mol. The standard InChI is InChI=1S/C10H12F2N2O4.ClH/c1-5-2-3-6(14(17)18)7(8(5)16)9(13)10(11,12)4-15;/h2-3,9,15-16H,4,13H2,1H3;1H/t9-;/m0./s1. The van der Waals surface area contributed by atoms with Crippen LogP contribution >= 0.6 is 12.4 Å². The van der Waals surface area contributed by atoms with E-state index in [1.807, 2.05) is 0 Å². The Kier molecular flexibility index (Phi) is 5.61. The largest absolute Gasteiger partial charge is 0.507 e. The van der Waals surface area contributed by atoms with Gasteiger partial charge >= 0.3 is 0 Å². The van der Waals surface area contributed by atoms with Gasteiger partial charge in [-0.3, -0.25) is 10.1 Å². The first-order valence-corrected chi connectivity index (χ1v) is 4.93. The number of halogens is 3. The molecule has 0 unspecified atom stereocenters. The van der Waals surface area contributed by atoms with Gasteiger partial charge in [0.05, 0.1) is 10.5 Å². The number of benzene rings is 1. The number of aliphatic hydroxyl groups is 1. The van der Waals surface area contributed by atoms with Gasteiger partial charge in [-0.1, -0.05) is 0 Å². The number of hydrogen-bond donors (Lipinski definition) is 3. The fraction of sp³-hybridized carbons (Fsp3) is 0.400. The molecule has 0 aliphatic rings. The van der Waals surface area contributed by atoms with Crippen LogP contribution in [0.15, 0.2) is 12.1 Å². The van der Waals surface area contributed by atoms with E-state index in [1.54, 1.807) is 0 Å². The van der Waals surface area contributed by atoms with Crippen molar-refractivity contribution < 1.29 is 23.9 Å². The molecule has 0 aliphatic heterocycles. The second-order valence-electron chi connectivity index (χ2n) is 3.82. The molecule has 19 heavy (non-hydrogen) atoms. The van der Waals surface area contributed by atoms with Crippen LogP contribution in [0.1, 0.15) is 17.2 Å². The van der Waals surface area contributed by atoms with Gasteiger partial charge in [0.25, 0.3) is 11.6 Å². The van der Waals surface area contributed by atoms with Crippen LogP contribution < -0.4 is 5.73 Å². The van der Waals surface area contributed by atoms with Crippen molar-refractivity contribution >= 4 is 18.1 Å². The molecule has 6 nitrogen and oxygen atoms in total. The summed E-state index contributed by atoms with van der Waals surface area (Å²) in [5.41, 5.74) is 4.01. The fourth-order valence-electron chi connectivity index (χ4n) is 1.48. The third-order valence-electron chi connectivity index (χ3n) is 2.57. The molecule has 0 saturated carbocycles. The molecule has 0 radical (unpaired) electrons. The van der Waals surface area contributed by atoms with Crippen molar-refractivity contribution in [3.8, 4) is 5.75 Å². The van der Waals surface area contributed by atoms with Crippen molar-refractivity contribution in [1.82, 2.24) is 0 Å². The summed E-state index contributed by atoms with van der Waals surface area (Å²) in [4.78, 5) is 9.82. The molecule has 0 bridgehead atoms. The van der Waals surface area contributed by atoms with E-state index < -0.39 is 40.5 Å². The Morgan fingerprint density at radius 3 is 2.47 bits per heavy atom. The van der Waals surface area contributed by atoms with Crippen LogP contribution in [-0.2, 0) is 0 Å². The second-order valence-corrected chi connectivity index (χ2v) is 3.82. The molecular weight excluding hydrogens is 286 g/mol. The lowest BCUT2D eigenvalue weighted by atomic mass is 9.96. The molecule has 0 heterocycles. The number of nitro benzene ring substituents is 1. The van der Waals surface area contributed by atoms with E-state index in [2.05, 4.69) is 0 Å². The zero-order valence-corrected chi connectivity index (χ0v) is 10.7. The van der Waals surface area contributed by atoms with Crippen LogP contribution in [-0.4, -0.2) is 27.7 Å². The van der Waals surface area contributed by atoms with Gasteiger partial charge in [-0.15, -0.1) is 12.4 Å². The van der Waals surface area contributed by atoms with Gasteiger partial charge in [0, 0.05) is 6.07 Å². The molecule has 0 amide bonds. The van der Waals surface area contributed by atoms with Crippen LogP contribution in [0.5, 0.6) is 5.75 Å². The minimum atomic E-state index is -3.77. The van der Waals surface area contributed by atoms with E-state index in [1.165, 1.54) is 13.0 Å². The van der Waals surface area contributed by atoms with Crippen molar-refractivity contribution in [2.45, 2.75) is 18.9 Å². The molecule has 0 fully saturated rings. The number of aliphatic hydroxyl groups excluding tert-OH is 1. The number of nitro groups is 1. The lowest BCUT2D eigenvalue weighted by molar-refractivity contribution is -0.386. The van der Waals surface area contributed by atoms with Crippen molar-refractivity contribution in [2.75, 3.05) is 6.61 Å². The maximum absolute atomic E-state index is 13.3. The minimum Gasteiger partial charge on any atom is -0.507 e. The molecule has 1 atom stereocenters. The van der Waals surface area contributed by atoms with Gasteiger partial charge in [-0.25, -0.2) is 8.78 Å². The molecule has 1 aromatic rings. The third kappa shape index (κ3) is 3.28. The highest BCUT2D eigenvalue weighted by Gasteiger charge is 2.42. The van der Waals surface area contributed by atoms with E-state index in [0.29, 0.717) is 0 Å². The van der Waals surface area contributed by atoms with Crippen molar-refractivity contribution in [2.24, 2.45) is 5.73 Å². The minimum absolute atomic E-state index is 0. The topological polar surface area (TPSA) is 110 Å². The number of aryl methyl sites for hydroxylation is 1. The second kappa shape index (κ2) is 6.09. The number of phenols is 1. The van der Waals surface area contributed by atoms with Gasteiger partial charge in [0.1, 0.15) is 18.4 Å². The number of rotatable bonds is 4. The molecule has 0 aromatic heterocycles. The van der Waals surface area contributed by atoms with Gasteiger partial charge in [-0.05, 0) is 18.6 Å². The van der Waals surface area contributed by atoms with Crippen molar-refractivity contribution in [3.63, 3.8) is 0 Å². The number of hydrogen-bond acceptors (Lipinski definition) is 5. The molecule has 0 spiro atoms. The fourth-order valence-corrected chi connectivity index (χ4v) is 1.48. The highest BCUT2D eigenvalue weighted by atomic mass is 35.5. The normalized spacial score (nSPS) is 12.7.